The molecule has 0 bridgehead atoms. The van der Waals surface area contributed by atoms with Gasteiger partial charge in [0, 0.05) is 18.4 Å². The SMILES string of the molecule is COCC(OCCc1scnc1C)C(=O)O. The van der Waals surface area contributed by atoms with Crippen molar-refractivity contribution in [3.05, 3.63) is 16.1 Å². The van der Waals surface area contributed by atoms with Crippen LogP contribution in [-0.2, 0) is 20.7 Å². The Kier molecular flexibility index (Phi) is 5.37. The zero-order valence-corrected chi connectivity index (χ0v) is 10.1. The summed E-state index contributed by atoms with van der Waals surface area (Å²) >= 11 is 1.55. The van der Waals surface area contributed by atoms with Crippen molar-refractivity contribution in [3.8, 4) is 0 Å². The van der Waals surface area contributed by atoms with Crippen LogP contribution < -0.4 is 0 Å². The second-order valence-corrected chi connectivity index (χ2v) is 4.20. The molecule has 1 aromatic rings. The van der Waals surface area contributed by atoms with Gasteiger partial charge in [0.25, 0.3) is 0 Å². The van der Waals surface area contributed by atoms with Crippen LogP contribution in [0.15, 0.2) is 5.51 Å². The number of ether oxygens (including phenoxy) is 2. The molecule has 6 heteroatoms. The fourth-order valence-corrected chi connectivity index (χ4v) is 1.96. The molecule has 1 rings (SSSR count). The van der Waals surface area contributed by atoms with Crippen LogP contribution in [0.4, 0.5) is 0 Å². The quantitative estimate of drug-likeness (QED) is 0.779. The van der Waals surface area contributed by atoms with Gasteiger partial charge in [-0.05, 0) is 6.92 Å². The lowest BCUT2D eigenvalue weighted by molar-refractivity contribution is -0.153. The van der Waals surface area contributed by atoms with Crippen LogP contribution >= 0.6 is 11.3 Å². The van der Waals surface area contributed by atoms with E-state index in [1.165, 1.54) is 7.11 Å². The number of hydrogen-bond acceptors (Lipinski definition) is 5. The Bertz CT molecular complexity index is 339. The zero-order chi connectivity index (χ0) is 12.0. The average molecular weight is 245 g/mol. The number of carbonyl (C=O) groups is 1. The molecule has 0 saturated carbocycles. The maximum atomic E-state index is 10.7. The second-order valence-electron chi connectivity index (χ2n) is 3.26. The van der Waals surface area contributed by atoms with E-state index >= 15 is 0 Å². The van der Waals surface area contributed by atoms with Gasteiger partial charge in [0.1, 0.15) is 0 Å². The van der Waals surface area contributed by atoms with E-state index in [0.717, 1.165) is 10.6 Å². The molecule has 0 aromatic carbocycles. The number of thiazole rings is 1. The van der Waals surface area contributed by atoms with Crippen molar-refractivity contribution in [2.45, 2.75) is 19.4 Å². The Morgan fingerprint density at radius 3 is 2.94 bits per heavy atom. The highest BCUT2D eigenvalue weighted by atomic mass is 32.1. The molecule has 1 heterocycles. The first kappa shape index (κ1) is 13.1. The van der Waals surface area contributed by atoms with E-state index in [4.69, 9.17) is 14.6 Å². The first-order chi connectivity index (χ1) is 7.65. The molecule has 16 heavy (non-hydrogen) atoms. The second kappa shape index (κ2) is 6.57. The van der Waals surface area contributed by atoms with E-state index in [-0.39, 0.29) is 6.61 Å². The summed E-state index contributed by atoms with van der Waals surface area (Å²) < 4.78 is 9.99. The van der Waals surface area contributed by atoms with Crippen molar-refractivity contribution in [1.82, 2.24) is 4.98 Å². The topological polar surface area (TPSA) is 68.7 Å². The summed E-state index contributed by atoms with van der Waals surface area (Å²) in [5.41, 5.74) is 2.75. The lowest BCUT2D eigenvalue weighted by atomic mass is 10.3. The molecule has 0 aliphatic rings. The average Bonchev–Trinajstić information content (AvgIpc) is 2.63. The van der Waals surface area contributed by atoms with Crippen LogP contribution in [0, 0.1) is 6.92 Å². The molecule has 0 radical (unpaired) electrons. The van der Waals surface area contributed by atoms with Crippen molar-refractivity contribution in [2.75, 3.05) is 20.3 Å². The monoisotopic (exact) mass is 245 g/mol. The number of carboxylic acid groups (broad SMARTS) is 1. The third-order valence-corrected chi connectivity index (χ3v) is 3.08. The summed E-state index contributed by atoms with van der Waals surface area (Å²) in [5, 5.41) is 8.80. The lowest BCUT2D eigenvalue weighted by Gasteiger charge is -2.11. The molecule has 1 unspecified atom stereocenters. The maximum Gasteiger partial charge on any atom is 0.335 e. The third kappa shape index (κ3) is 3.88. The molecule has 0 spiro atoms. The number of carboxylic acids is 1. The Morgan fingerprint density at radius 2 is 2.44 bits per heavy atom. The van der Waals surface area contributed by atoms with E-state index in [2.05, 4.69) is 4.98 Å². The molecule has 0 saturated heterocycles. The lowest BCUT2D eigenvalue weighted by Crippen LogP contribution is -2.29. The van der Waals surface area contributed by atoms with Gasteiger partial charge >= 0.3 is 5.97 Å². The molecule has 1 aromatic heterocycles. The molecule has 0 amide bonds. The van der Waals surface area contributed by atoms with E-state index in [1.807, 2.05) is 6.92 Å². The van der Waals surface area contributed by atoms with Gasteiger partial charge in [-0.15, -0.1) is 11.3 Å². The standard InChI is InChI=1S/C10H15NO4S/c1-7-9(16-6-11-7)3-4-15-8(5-14-2)10(12)13/h6,8H,3-5H2,1-2H3,(H,12,13). The van der Waals surface area contributed by atoms with E-state index < -0.39 is 12.1 Å². The number of methoxy groups -OCH3 is 1. The number of aryl methyl sites for hydroxylation is 1. The summed E-state index contributed by atoms with van der Waals surface area (Å²) in [6.45, 7) is 2.36. The molecular formula is C10H15NO4S. The fourth-order valence-electron chi connectivity index (χ4n) is 1.20. The molecule has 1 atom stereocenters. The van der Waals surface area contributed by atoms with Gasteiger partial charge in [-0.25, -0.2) is 9.78 Å². The predicted octanol–water partition coefficient (Wildman–Crippen LogP) is 1.11. The van der Waals surface area contributed by atoms with Crippen LogP contribution in [0.25, 0.3) is 0 Å². The van der Waals surface area contributed by atoms with Gasteiger partial charge in [0.15, 0.2) is 6.10 Å². The Balaban J connectivity index is 2.33. The highest BCUT2D eigenvalue weighted by Gasteiger charge is 2.17. The minimum absolute atomic E-state index is 0.0665. The minimum Gasteiger partial charge on any atom is -0.479 e. The molecular weight excluding hydrogens is 230 g/mol. The van der Waals surface area contributed by atoms with Crippen LogP contribution in [0.5, 0.6) is 0 Å². The van der Waals surface area contributed by atoms with Crippen molar-refractivity contribution in [3.63, 3.8) is 0 Å². The first-order valence-corrected chi connectivity index (χ1v) is 5.75. The Hall–Kier alpha value is -0.980. The van der Waals surface area contributed by atoms with Gasteiger partial charge < -0.3 is 14.6 Å². The van der Waals surface area contributed by atoms with E-state index in [1.54, 1.807) is 16.8 Å². The predicted molar refractivity (Wildman–Crippen MR) is 59.8 cm³/mol. The highest BCUT2D eigenvalue weighted by molar-refractivity contribution is 7.09. The van der Waals surface area contributed by atoms with E-state index in [0.29, 0.717) is 13.0 Å². The number of aromatic nitrogens is 1. The van der Waals surface area contributed by atoms with Gasteiger partial charge in [-0.1, -0.05) is 0 Å². The first-order valence-electron chi connectivity index (χ1n) is 4.87. The smallest absolute Gasteiger partial charge is 0.335 e. The maximum absolute atomic E-state index is 10.7. The van der Waals surface area contributed by atoms with Crippen molar-refractivity contribution in [1.29, 1.82) is 0 Å². The Labute approximate surface area is 98.0 Å². The van der Waals surface area contributed by atoms with Gasteiger partial charge in [-0.2, -0.15) is 0 Å². The van der Waals surface area contributed by atoms with Gasteiger partial charge in [0.2, 0.25) is 0 Å². The molecule has 5 nitrogen and oxygen atoms in total. The largest absolute Gasteiger partial charge is 0.479 e. The normalized spacial score (nSPS) is 12.6. The van der Waals surface area contributed by atoms with Crippen molar-refractivity contribution in [2.24, 2.45) is 0 Å². The van der Waals surface area contributed by atoms with Gasteiger partial charge in [-0.3, -0.25) is 0 Å². The van der Waals surface area contributed by atoms with Crippen LogP contribution in [0.1, 0.15) is 10.6 Å². The Morgan fingerprint density at radius 1 is 1.69 bits per heavy atom. The summed E-state index contributed by atoms with van der Waals surface area (Å²) in [6, 6.07) is 0. The van der Waals surface area contributed by atoms with Gasteiger partial charge in [0.05, 0.1) is 24.4 Å². The molecule has 0 fully saturated rings. The summed E-state index contributed by atoms with van der Waals surface area (Å²) in [4.78, 5) is 16.0. The summed E-state index contributed by atoms with van der Waals surface area (Å²) in [6.07, 6.45) is -0.206. The zero-order valence-electron chi connectivity index (χ0n) is 9.30. The summed E-state index contributed by atoms with van der Waals surface area (Å²) in [7, 11) is 1.45. The number of nitrogens with zero attached hydrogens (tertiary/aromatic N) is 1. The van der Waals surface area contributed by atoms with Crippen LogP contribution in [0.2, 0.25) is 0 Å². The van der Waals surface area contributed by atoms with Crippen LogP contribution in [0.3, 0.4) is 0 Å². The number of hydrogen-bond donors (Lipinski definition) is 1. The van der Waals surface area contributed by atoms with Crippen molar-refractivity contribution >= 4 is 17.3 Å². The fraction of sp³-hybridized carbons (Fsp3) is 0.600. The summed E-state index contributed by atoms with van der Waals surface area (Å²) in [5.74, 6) is -0.997. The molecule has 0 aliphatic heterocycles. The third-order valence-electron chi connectivity index (χ3n) is 2.09. The molecule has 0 aliphatic carbocycles. The highest BCUT2D eigenvalue weighted by Crippen LogP contribution is 2.12. The molecule has 90 valence electrons. The van der Waals surface area contributed by atoms with Crippen LogP contribution in [-0.4, -0.2) is 42.5 Å². The van der Waals surface area contributed by atoms with E-state index in [9.17, 15) is 4.79 Å². The number of rotatable bonds is 7. The number of aliphatic carboxylic acids is 1. The molecule has 1 N–H and O–H groups in total. The minimum atomic E-state index is -0.997. The van der Waals surface area contributed by atoms with Crippen molar-refractivity contribution < 1.29 is 19.4 Å².